The molecule has 0 amide bonds. The molecular weight excluding hydrogens is 456 g/mol. The van der Waals surface area contributed by atoms with Gasteiger partial charge in [0.1, 0.15) is 3.57 Å². The van der Waals surface area contributed by atoms with Crippen LogP contribution in [-0.4, -0.2) is 11.7 Å². The summed E-state index contributed by atoms with van der Waals surface area (Å²) in [6, 6.07) is 9.93. The lowest BCUT2D eigenvalue weighted by atomic mass is 10.2. The topological polar surface area (TPSA) is 31.2 Å². The van der Waals surface area contributed by atoms with E-state index in [9.17, 15) is 4.79 Å². The van der Waals surface area contributed by atoms with Crippen LogP contribution in [0.4, 0.5) is 0 Å². The molecule has 3 nitrogen and oxygen atoms in total. The minimum absolute atomic E-state index is 0.0169. The van der Waals surface area contributed by atoms with Crippen LogP contribution in [-0.2, 0) is 6.54 Å². The molecule has 0 saturated carbocycles. The molecule has 0 aliphatic carbocycles. The Labute approximate surface area is 132 Å². The summed E-state index contributed by atoms with van der Waals surface area (Å²) in [4.78, 5) is 12.2. The number of aromatic nitrogens is 1. The van der Waals surface area contributed by atoms with E-state index >= 15 is 0 Å². The van der Waals surface area contributed by atoms with E-state index in [1.54, 1.807) is 11.7 Å². The predicted molar refractivity (Wildman–Crippen MR) is 88.2 cm³/mol. The van der Waals surface area contributed by atoms with E-state index in [-0.39, 0.29) is 5.56 Å². The first-order valence-corrected chi connectivity index (χ1v) is 7.45. The third kappa shape index (κ3) is 2.87. The molecule has 1 heterocycles. The quantitative estimate of drug-likeness (QED) is 0.651. The predicted octanol–water partition coefficient (Wildman–Crippen LogP) is 3.11. The summed E-state index contributed by atoms with van der Waals surface area (Å²) in [7, 11) is 1.58. The van der Waals surface area contributed by atoms with Gasteiger partial charge in [0.15, 0.2) is 5.75 Å². The van der Waals surface area contributed by atoms with Gasteiger partial charge in [-0.1, -0.05) is 30.3 Å². The fourth-order valence-electron chi connectivity index (χ4n) is 1.67. The first kappa shape index (κ1) is 13.9. The van der Waals surface area contributed by atoms with Crippen molar-refractivity contribution in [1.82, 2.24) is 4.57 Å². The highest BCUT2D eigenvalue weighted by Crippen LogP contribution is 2.23. The first-order valence-electron chi connectivity index (χ1n) is 5.30. The second kappa shape index (κ2) is 6.05. The molecule has 0 fully saturated rings. The second-order valence-corrected chi connectivity index (χ2v) is 5.98. The maximum atomic E-state index is 12.2. The highest BCUT2D eigenvalue weighted by Gasteiger charge is 2.12. The monoisotopic (exact) mass is 467 g/mol. The smallest absolute Gasteiger partial charge is 0.268 e. The molecule has 18 heavy (non-hydrogen) atoms. The van der Waals surface area contributed by atoms with Crippen LogP contribution in [0, 0.1) is 7.14 Å². The summed E-state index contributed by atoms with van der Waals surface area (Å²) >= 11 is 4.22. The molecule has 0 N–H and O–H groups in total. The van der Waals surface area contributed by atoms with Crippen LogP contribution in [0.1, 0.15) is 5.56 Å². The largest absolute Gasteiger partial charge is 0.494 e. The normalized spacial score (nSPS) is 10.4. The van der Waals surface area contributed by atoms with Gasteiger partial charge >= 0.3 is 0 Å². The third-order valence-electron chi connectivity index (χ3n) is 2.53. The SMILES string of the molecule is COc1c(I)cn(Cc2ccccc2)c(=O)c1I. The van der Waals surface area contributed by atoms with Crippen LogP contribution in [0.2, 0.25) is 0 Å². The number of ether oxygens (including phenoxy) is 1. The highest BCUT2D eigenvalue weighted by molar-refractivity contribution is 14.1. The summed E-state index contributed by atoms with van der Waals surface area (Å²) in [6.07, 6.45) is 1.83. The fraction of sp³-hybridized carbons (Fsp3) is 0.154. The molecule has 0 aliphatic rings. The van der Waals surface area contributed by atoms with Crippen molar-refractivity contribution in [1.29, 1.82) is 0 Å². The Morgan fingerprint density at radius 3 is 2.50 bits per heavy atom. The zero-order valence-corrected chi connectivity index (χ0v) is 14.0. The van der Waals surface area contributed by atoms with Gasteiger partial charge in [-0.05, 0) is 50.7 Å². The second-order valence-electron chi connectivity index (χ2n) is 3.74. The molecular formula is C13H11I2NO2. The van der Waals surface area contributed by atoms with E-state index in [1.807, 2.05) is 59.1 Å². The Balaban J connectivity index is 2.44. The van der Waals surface area contributed by atoms with Crippen LogP contribution in [0.15, 0.2) is 41.3 Å². The fourth-order valence-corrected chi connectivity index (χ4v) is 3.83. The van der Waals surface area contributed by atoms with Gasteiger partial charge in [0.25, 0.3) is 5.56 Å². The number of benzene rings is 1. The van der Waals surface area contributed by atoms with Gasteiger partial charge in [0.2, 0.25) is 0 Å². The molecule has 1 aromatic heterocycles. The number of pyridine rings is 1. The molecule has 94 valence electrons. The lowest BCUT2D eigenvalue weighted by Gasteiger charge is -2.11. The van der Waals surface area contributed by atoms with E-state index in [2.05, 4.69) is 22.6 Å². The van der Waals surface area contributed by atoms with E-state index in [0.717, 1.165) is 9.13 Å². The van der Waals surface area contributed by atoms with Gasteiger partial charge in [-0.2, -0.15) is 0 Å². The van der Waals surface area contributed by atoms with Crippen LogP contribution in [0.5, 0.6) is 5.75 Å². The van der Waals surface area contributed by atoms with E-state index in [0.29, 0.717) is 15.9 Å². The maximum absolute atomic E-state index is 12.2. The van der Waals surface area contributed by atoms with Crippen molar-refractivity contribution in [3.63, 3.8) is 0 Å². The Morgan fingerprint density at radius 2 is 1.89 bits per heavy atom. The standard InChI is InChI=1S/C13H11I2NO2/c1-18-12-10(14)8-16(13(17)11(12)15)7-9-5-3-2-4-6-9/h2-6,8H,7H2,1H3. The Kier molecular flexibility index (Phi) is 4.66. The maximum Gasteiger partial charge on any atom is 0.268 e. The van der Waals surface area contributed by atoms with E-state index in [4.69, 9.17) is 4.74 Å². The summed E-state index contributed by atoms with van der Waals surface area (Å²) in [5.74, 6) is 0.658. The lowest BCUT2D eigenvalue weighted by molar-refractivity contribution is 0.405. The van der Waals surface area contributed by atoms with Crippen molar-refractivity contribution in [3.05, 3.63) is 59.6 Å². The highest BCUT2D eigenvalue weighted by atomic mass is 127. The minimum atomic E-state index is -0.0169. The van der Waals surface area contributed by atoms with Crippen molar-refractivity contribution in [2.24, 2.45) is 0 Å². The van der Waals surface area contributed by atoms with Crippen LogP contribution >= 0.6 is 45.2 Å². The number of rotatable bonds is 3. The Bertz CT molecular complexity index is 608. The zero-order valence-electron chi connectivity index (χ0n) is 9.69. The van der Waals surface area contributed by atoms with Crippen molar-refractivity contribution in [3.8, 4) is 5.75 Å². The van der Waals surface area contributed by atoms with Gasteiger partial charge in [-0.15, -0.1) is 0 Å². The molecule has 0 unspecified atom stereocenters. The molecule has 0 atom stereocenters. The summed E-state index contributed by atoms with van der Waals surface area (Å²) in [5.41, 5.74) is 1.09. The molecule has 1 aromatic carbocycles. The lowest BCUT2D eigenvalue weighted by Crippen LogP contribution is -2.24. The summed E-state index contributed by atoms with van der Waals surface area (Å²) < 4.78 is 8.51. The van der Waals surface area contributed by atoms with Crippen molar-refractivity contribution < 1.29 is 4.74 Å². The van der Waals surface area contributed by atoms with Crippen LogP contribution in [0.3, 0.4) is 0 Å². The molecule has 5 heteroatoms. The molecule has 0 saturated heterocycles. The Hall–Kier alpha value is -0.570. The molecule has 0 spiro atoms. The van der Waals surface area contributed by atoms with Gasteiger partial charge in [-0.25, -0.2) is 0 Å². The Morgan fingerprint density at radius 1 is 1.22 bits per heavy atom. The third-order valence-corrected chi connectivity index (χ3v) is 4.25. The number of nitrogens with zero attached hydrogens (tertiary/aromatic N) is 1. The first-order chi connectivity index (χ1) is 8.63. The van der Waals surface area contributed by atoms with E-state index < -0.39 is 0 Å². The molecule has 2 rings (SSSR count). The summed E-state index contributed by atoms with van der Waals surface area (Å²) in [5, 5.41) is 0. The number of hydrogen-bond donors (Lipinski definition) is 0. The molecule has 0 radical (unpaired) electrons. The van der Waals surface area contributed by atoms with Gasteiger partial charge in [0, 0.05) is 6.20 Å². The molecule has 0 bridgehead atoms. The van der Waals surface area contributed by atoms with E-state index in [1.165, 1.54) is 0 Å². The van der Waals surface area contributed by atoms with Crippen molar-refractivity contribution >= 4 is 45.2 Å². The van der Waals surface area contributed by atoms with Crippen molar-refractivity contribution in [2.75, 3.05) is 7.11 Å². The van der Waals surface area contributed by atoms with Crippen LogP contribution in [0.25, 0.3) is 0 Å². The molecule has 0 aliphatic heterocycles. The van der Waals surface area contributed by atoms with Gasteiger partial charge in [-0.3, -0.25) is 4.79 Å². The summed E-state index contributed by atoms with van der Waals surface area (Å²) in [6.45, 7) is 0.579. The van der Waals surface area contributed by atoms with Crippen molar-refractivity contribution in [2.45, 2.75) is 6.54 Å². The zero-order chi connectivity index (χ0) is 13.1. The number of halogens is 2. The number of methoxy groups -OCH3 is 1. The minimum Gasteiger partial charge on any atom is -0.494 e. The average Bonchev–Trinajstić information content (AvgIpc) is 2.37. The van der Waals surface area contributed by atoms with Gasteiger partial charge in [0.05, 0.1) is 17.2 Å². The van der Waals surface area contributed by atoms with Gasteiger partial charge < -0.3 is 9.30 Å². The molecule has 2 aromatic rings. The van der Waals surface area contributed by atoms with Crippen LogP contribution < -0.4 is 10.3 Å². The number of hydrogen-bond acceptors (Lipinski definition) is 2. The average molecular weight is 467 g/mol.